The SMILES string of the molecule is CCCC(COCc1ccccc1)(CSCc1ccccc1)C(C)O. The number of benzene rings is 2. The lowest BCUT2D eigenvalue weighted by Crippen LogP contribution is -2.40. The first-order valence-electron chi connectivity index (χ1n) is 9.08. The van der Waals surface area contributed by atoms with E-state index in [1.165, 1.54) is 11.1 Å². The van der Waals surface area contributed by atoms with Gasteiger partial charge in [-0.3, -0.25) is 0 Å². The Morgan fingerprint density at radius 3 is 2.16 bits per heavy atom. The van der Waals surface area contributed by atoms with E-state index < -0.39 is 0 Å². The summed E-state index contributed by atoms with van der Waals surface area (Å²) in [5, 5.41) is 10.5. The van der Waals surface area contributed by atoms with E-state index >= 15 is 0 Å². The maximum absolute atomic E-state index is 10.5. The van der Waals surface area contributed by atoms with E-state index in [1.807, 2.05) is 43.0 Å². The molecule has 2 atom stereocenters. The third-order valence-electron chi connectivity index (χ3n) is 4.64. The van der Waals surface area contributed by atoms with Crippen LogP contribution in [-0.4, -0.2) is 23.6 Å². The van der Waals surface area contributed by atoms with E-state index in [2.05, 4.69) is 43.3 Å². The fraction of sp³-hybridized carbons (Fsp3) is 0.455. The molecule has 0 aliphatic carbocycles. The van der Waals surface area contributed by atoms with Crippen molar-refractivity contribution >= 4 is 11.8 Å². The Morgan fingerprint density at radius 2 is 1.60 bits per heavy atom. The summed E-state index contributed by atoms with van der Waals surface area (Å²) >= 11 is 1.89. The predicted octanol–water partition coefficient (Wildman–Crippen LogP) is 5.30. The Labute approximate surface area is 156 Å². The molecule has 0 spiro atoms. The van der Waals surface area contributed by atoms with Crippen molar-refractivity contribution in [3.63, 3.8) is 0 Å². The second-order valence-electron chi connectivity index (χ2n) is 6.75. The molecule has 25 heavy (non-hydrogen) atoms. The van der Waals surface area contributed by atoms with Gasteiger partial charge in [-0.1, -0.05) is 74.0 Å². The molecule has 0 aromatic heterocycles. The monoisotopic (exact) mass is 358 g/mol. The van der Waals surface area contributed by atoms with Gasteiger partial charge in [0.1, 0.15) is 0 Å². The fourth-order valence-corrected chi connectivity index (χ4v) is 4.43. The zero-order valence-electron chi connectivity index (χ0n) is 15.4. The van der Waals surface area contributed by atoms with Gasteiger partial charge in [0, 0.05) is 16.9 Å². The van der Waals surface area contributed by atoms with Crippen molar-refractivity contribution in [1.82, 2.24) is 0 Å². The molecule has 0 saturated heterocycles. The molecule has 0 radical (unpaired) electrons. The fourth-order valence-electron chi connectivity index (χ4n) is 3.03. The molecule has 2 aromatic carbocycles. The summed E-state index contributed by atoms with van der Waals surface area (Å²) < 4.78 is 6.03. The molecular formula is C22H30O2S. The molecule has 0 bridgehead atoms. The smallest absolute Gasteiger partial charge is 0.0717 e. The molecule has 0 saturated carbocycles. The van der Waals surface area contributed by atoms with Crippen LogP contribution < -0.4 is 0 Å². The molecule has 136 valence electrons. The quantitative estimate of drug-likeness (QED) is 0.591. The standard InChI is InChI=1S/C22H30O2S/c1-3-14-22(19(2)23,17-24-15-20-10-6-4-7-11-20)18-25-16-21-12-8-5-9-13-21/h4-13,19,23H,3,14-18H2,1-2H3. The number of aliphatic hydroxyl groups is 1. The van der Waals surface area contributed by atoms with Crippen molar-refractivity contribution in [2.24, 2.45) is 5.41 Å². The van der Waals surface area contributed by atoms with Crippen LogP contribution in [0.15, 0.2) is 60.7 Å². The van der Waals surface area contributed by atoms with Gasteiger partial charge in [0.2, 0.25) is 0 Å². The second-order valence-corrected chi connectivity index (χ2v) is 7.73. The van der Waals surface area contributed by atoms with Crippen LogP contribution in [-0.2, 0) is 17.1 Å². The highest BCUT2D eigenvalue weighted by atomic mass is 32.2. The average Bonchev–Trinajstić information content (AvgIpc) is 2.63. The van der Waals surface area contributed by atoms with Crippen LogP contribution in [0.25, 0.3) is 0 Å². The first kappa shape index (κ1) is 20.0. The van der Waals surface area contributed by atoms with Crippen molar-refractivity contribution in [2.45, 2.75) is 45.2 Å². The Bertz CT molecular complexity index is 538. The Morgan fingerprint density at radius 1 is 1.00 bits per heavy atom. The van der Waals surface area contributed by atoms with Gasteiger partial charge in [-0.15, -0.1) is 0 Å². The summed E-state index contributed by atoms with van der Waals surface area (Å²) in [6.45, 7) is 5.28. The highest BCUT2D eigenvalue weighted by Gasteiger charge is 2.35. The van der Waals surface area contributed by atoms with Crippen LogP contribution >= 0.6 is 11.8 Å². The van der Waals surface area contributed by atoms with Crippen LogP contribution in [0.2, 0.25) is 0 Å². The number of aliphatic hydroxyl groups excluding tert-OH is 1. The molecule has 2 unspecified atom stereocenters. The van der Waals surface area contributed by atoms with Crippen molar-refractivity contribution < 1.29 is 9.84 Å². The molecule has 0 aliphatic rings. The first-order chi connectivity index (χ1) is 12.2. The van der Waals surface area contributed by atoms with Gasteiger partial charge in [0.25, 0.3) is 0 Å². The highest BCUT2D eigenvalue weighted by Crippen LogP contribution is 2.34. The summed E-state index contributed by atoms with van der Waals surface area (Å²) in [5.41, 5.74) is 2.31. The first-order valence-corrected chi connectivity index (χ1v) is 10.2. The summed E-state index contributed by atoms with van der Waals surface area (Å²) in [5.74, 6) is 1.87. The van der Waals surface area contributed by atoms with Crippen LogP contribution in [0, 0.1) is 5.41 Å². The Kier molecular flexibility index (Phi) is 8.53. The third kappa shape index (κ3) is 6.50. The lowest BCUT2D eigenvalue weighted by Gasteiger charge is -2.36. The van der Waals surface area contributed by atoms with E-state index in [0.29, 0.717) is 13.2 Å². The van der Waals surface area contributed by atoms with Crippen LogP contribution in [0.5, 0.6) is 0 Å². The van der Waals surface area contributed by atoms with Gasteiger partial charge >= 0.3 is 0 Å². The lowest BCUT2D eigenvalue weighted by molar-refractivity contribution is -0.0335. The Hall–Kier alpha value is -1.29. The lowest BCUT2D eigenvalue weighted by atomic mass is 9.81. The minimum Gasteiger partial charge on any atom is -0.393 e. The number of hydrogen-bond acceptors (Lipinski definition) is 3. The summed E-state index contributed by atoms with van der Waals surface area (Å²) in [6.07, 6.45) is 1.64. The highest BCUT2D eigenvalue weighted by molar-refractivity contribution is 7.98. The molecular weight excluding hydrogens is 328 g/mol. The van der Waals surface area contributed by atoms with Gasteiger partial charge in [0.05, 0.1) is 19.3 Å². The molecule has 2 rings (SSSR count). The van der Waals surface area contributed by atoms with Crippen molar-refractivity contribution in [3.05, 3.63) is 71.8 Å². The molecule has 0 aliphatic heterocycles. The van der Waals surface area contributed by atoms with E-state index in [4.69, 9.17) is 4.74 Å². The van der Waals surface area contributed by atoms with E-state index in [9.17, 15) is 5.11 Å². The Balaban J connectivity index is 1.92. The van der Waals surface area contributed by atoms with Crippen LogP contribution in [0.1, 0.15) is 37.8 Å². The van der Waals surface area contributed by atoms with Gasteiger partial charge in [-0.2, -0.15) is 11.8 Å². The summed E-state index contributed by atoms with van der Waals surface area (Å²) in [4.78, 5) is 0. The number of rotatable bonds is 11. The minimum atomic E-state index is -0.383. The maximum atomic E-state index is 10.5. The molecule has 0 heterocycles. The average molecular weight is 359 g/mol. The zero-order chi connectivity index (χ0) is 18.0. The summed E-state index contributed by atoms with van der Waals surface area (Å²) in [6, 6.07) is 20.7. The summed E-state index contributed by atoms with van der Waals surface area (Å²) in [7, 11) is 0. The molecule has 2 aromatic rings. The largest absolute Gasteiger partial charge is 0.393 e. The molecule has 2 nitrogen and oxygen atoms in total. The van der Waals surface area contributed by atoms with E-state index in [1.54, 1.807) is 0 Å². The van der Waals surface area contributed by atoms with Crippen molar-refractivity contribution in [2.75, 3.05) is 12.4 Å². The van der Waals surface area contributed by atoms with Crippen molar-refractivity contribution in [1.29, 1.82) is 0 Å². The molecule has 1 N–H and O–H groups in total. The van der Waals surface area contributed by atoms with E-state index in [0.717, 1.165) is 24.3 Å². The van der Waals surface area contributed by atoms with Gasteiger partial charge < -0.3 is 9.84 Å². The number of ether oxygens (including phenoxy) is 1. The van der Waals surface area contributed by atoms with Gasteiger partial charge in [-0.05, 0) is 24.5 Å². The zero-order valence-corrected chi connectivity index (χ0v) is 16.2. The predicted molar refractivity (Wildman–Crippen MR) is 108 cm³/mol. The molecule has 3 heteroatoms. The molecule has 0 amide bonds. The second kappa shape index (κ2) is 10.6. The van der Waals surface area contributed by atoms with Gasteiger partial charge in [0.15, 0.2) is 0 Å². The van der Waals surface area contributed by atoms with E-state index in [-0.39, 0.29) is 11.5 Å². The van der Waals surface area contributed by atoms with Crippen molar-refractivity contribution in [3.8, 4) is 0 Å². The minimum absolute atomic E-state index is 0.191. The number of hydrogen-bond donors (Lipinski definition) is 1. The van der Waals surface area contributed by atoms with Gasteiger partial charge in [-0.25, -0.2) is 0 Å². The maximum Gasteiger partial charge on any atom is 0.0717 e. The third-order valence-corrected chi connectivity index (χ3v) is 5.95. The normalized spacial score (nSPS) is 14.8. The van der Waals surface area contributed by atoms with Crippen LogP contribution in [0.3, 0.4) is 0 Å². The topological polar surface area (TPSA) is 29.5 Å². The molecule has 0 fully saturated rings. The number of thioether (sulfide) groups is 1. The van der Waals surface area contributed by atoms with Crippen LogP contribution in [0.4, 0.5) is 0 Å².